The van der Waals surface area contributed by atoms with Gasteiger partial charge in [-0.3, -0.25) is 9.59 Å². The lowest BCUT2D eigenvalue weighted by atomic mass is 10.1. The van der Waals surface area contributed by atoms with Crippen molar-refractivity contribution in [3.05, 3.63) is 29.8 Å². The molecule has 26 heavy (non-hydrogen) atoms. The minimum atomic E-state index is -1.02. The lowest BCUT2D eigenvalue weighted by molar-refractivity contribution is -0.139. The van der Waals surface area contributed by atoms with E-state index in [-0.39, 0.29) is 24.5 Å². The summed E-state index contributed by atoms with van der Waals surface area (Å²) < 4.78 is 5.08. The highest BCUT2D eigenvalue weighted by Crippen LogP contribution is 2.19. The number of nitrogens with one attached hydrogen (secondary N) is 1. The molecule has 2 amide bonds. The van der Waals surface area contributed by atoms with Gasteiger partial charge in [0.05, 0.1) is 0 Å². The number of carbonyl (C=O) groups is 3. The fourth-order valence-electron chi connectivity index (χ4n) is 3.04. The maximum atomic E-state index is 12.4. The molecule has 0 saturated carbocycles. The van der Waals surface area contributed by atoms with Crippen LogP contribution in [-0.4, -0.2) is 53.5 Å². The summed E-state index contributed by atoms with van der Waals surface area (Å²) in [7, 11) is 0. The van der Waals surface area contributed by atoms with E-state index in [1.165, 1.54) is 0 Å². The zero-order valence-electron chi connectivity index (χ0n) is 15.1. The summed E-state index contributed by atoms with van der Waals surface area (Å²) in [5, 5.41) is 11.5. The van der Waals surface area contributed by atoms with Crippen molar-refractivity contribution in [2.24, 2.45) is 0 Å². The van der Waals surface area contributed by atoms with Crippen molar-refractivity contribution >= 4 is 17.8 Å². The first-order valence-corrected chi connectivity index (χ1v) is 9.02. The van der Waals surface area contributed by atoms with Gasteiger partial charge >= 0.3 is 5.97 Å². The summed E-state index contributed by atoms with van der Waals surface area (Å²) >= 11 is 0. The number of ether oxygens (including phenoxy) is 1. The van der Waals surface area contributed by atoms with Crippen molar-refractivity contribution in [1.82, 2.24) is 10.2 Å². The Morgan fingerprint density at radius 1 is 1.27 bits per heavy atom. The van der Waals surface area contributed by atoms with Gasteiger partial charge in [0.1, 0.15) is 11.8 Å². The Hall–Kier alpha value is -2.57. The first-order chi connectivity index (χ1) is 12.5. The number of aliphatic carboxylic acids is 1. The Labute approximate surface area is 153 Å². The van der Waals surface area contributed by atoms with Gasteiger partial charge in [-0.2, -0.15) is 0 Å². The first-order valence-electron chi connectivity index (χ1n) is 9.02. The third kappa shape index (κ3) is 5.75. The van der Waals surface area contributed by atoms with Crippen LogP contribution in [0.4, 0.5) is 0 Å². The van der Waals surface area contributed by atoms with E-state index in [0.29, 0.717) is 31.7 Å². The average molecular weight is 362 g/mol. The van der Waals surface area contributed by atoms with E-state index in [0.717, 1.165) is 24.8 Å². The normalized spacial score (nSPS) is 16.3. The predicted octanol–water partition coefficient (Wildman–Crippen LogP) is 1.60. The molecule has 0 radical (unpaired) electrons. The Morgan fingerprint density at radius 2 is 2.00 bits per heavy atom. The Morgan fingerprint density at radius 3 is 2.65 bits per heavy atom. The molecule has 0 aromatic heterocycles. The molecule has 2 N–H and O–H groups in total. The molecule has 142 valence electrons. The topological polar surface area (TPSA) is 95.9 Å². The van der Waals surface area contributed by atoms with Crippen LogP contribution in [0.2, 0.25) is 0 Å². The summed E-state index contributed by atoms with van der Waals surface area (Å²) in [5.74, 6) is -0.554. The fraction of sp³-hybridized carbons (Fsp3) is 0.526. The lowest BCUT2D eigenvalue weighted by Gasteiger charge is -2.23. The van der Waals surface area contributed by atoms with Crippen LogP contribution >= 0.6 is 0 Å². The number of rotatable bonds is 9. The standard InChI is InChI=1S/C19H26N2O5/c1-2-4-17(22)21-12-3-5-16(21)19(25)20-11-10-14-6-8-15(9-7-14)26-13-18(23)24/h6-9,16H,2-5,10-13H2,1H3,(H,20,25)(H,23,24). The molecule has 1 aromatic carbocycles. The monoisotopic (exact) mass is 362 g/mol. The quantitative estimate of drug-likeness (QED) is 0.696. The van der Waals surface area contributed by atoms with Crippen LogP contribution in [0.25, 0.3) is 0 Å². The number of carboxylic acids is 1. The van der Waals surface area contributed by atoms with Gasteiger partial charge < -0.3 is 20.1 Å². The minimum absolute atomic E-state index is 0.0575. The Bertz CT molecular complexity index is 629. The van der Waals surface area contributed by atoms with Gasteiger partial charge in [-0.1, -0.05) is 19.1 Å². The highest BCUT2D eigenvalue weighted by molar-refractivity contribution is 5.88. The van der Waals surface area contributed by atoms with E-state index >= 15 is 0 Å². The summed E-state index contributed by atoms with van der Waals surface area (Å²) in [6.07, 6.45) is 3.51. The van der Waals surface area contributed by atoms with Crippen molar-refractivity contribution in [3.8, 4) is 5.75 Å². The van der Waals surface area contributed by atoms with Gasteiger partial charge in [-0.15, -0.1) is 0 Å². The van der Waals surface area contributed by atoms with Crippen LogP contribution < -0.4 is 10.1 Å². The zero-order valence-corrected chi connectivity index (χ0v) is 15.1. The van der Waals surface area contributed by atoms with E-state index in [9.17, 15) is 14.4 Å². The van der Waals surface area contributed by atoms with Crippen LogP contribution in [0.1, 0.15) is 38.2 Å². The van der Waals surface area contributed by atoms with Gasteiger partial charge in [-0.05, 0) is 43.4 Å². The number of carboxylic acid groups (broad SMARTS) is 1. The van der Waals surface area contributed by atoms with Crippen LogP contribution in [-0.2, 0) is 20.8 Å². The number of hydrogen-bond acceptors (Lipinski definition) is 4. The highest BCUT2D eigenvalue weighted by Gasteiger charge is 2.33. The average Bonchev–Trinajstić information content (AvgIpc) is 3.11. The molecule has 2 rings (SSSR count). The van der Waals surface area contributed by atoms with Gasteiger partial charge in [-0.25, -0.2) is 4.79 Å². The van der Waals surface area contributed by atoms with Crippen LogP contribution in [0.3, 0.4) is 0 Å². The third-order valence-corrected chi connectivity index (χ3v) is 4.34. The fourth-order valence-corrected chi connectivity index (χ4v) is 3.04. The van der Waals surface area contributed by atoms with Crippen LogP contribution in [0.15, 0.2) is 24.3 Å². The van der Waals surface area contributed by atoms with E-state index in [1.54, 1.807) is 17.0 Å². The number of nitrogens with zero attached hydrogens (tertiary/aromatic N) is 1. The van der Waals surface area contributed by atoms with Crippen LogP contribution in [0, 0.1) is 0 Å². The van der Waals surface area contributed by atoms with E-state index in [1.807, 2.05) is 19.1 Å². The van der Waals surface area contributed by atoms with Crippen LogP contribution in [0.5, 0.6) is 5.75 Å². The number of benzene rings is 1. The van der Waals surface area contributed by atoms with Crippen molar-refractivity contribution < 1.29 is 24.2 Å². The summed E-state index contributed by atoms with van der Waals surface area (Å²) in [5.41, 5.74) is 1.01. The summed E-state index contributed by atoms with van der Waals surface area (Å²) in [4.78, 5) is 36.6. The molecular formula is C19H26N2O5. The third-order valence-electron chi connectivity index (χ3n) is 4.34. The number of likely N-dealkylation sites (tertiary alicyclic amines) is 1. The molecule has 0 bridgehead atoms. The molecule has 0 aliphatic carbocycles. The molecule has 1 aliphatic heterocycles. The van der Waals surface area contributed by atoms with E-state index in [4.69, 9.17) is 9.84 Å². The zero-order chi connectivity index (χ0) is 18.9. The van der Waals surface area contributed by atoms with Crippen molar-refractivity contribution in [2.45, 2.75) is 45.1 Å². The minimum Gasteiger partial charge on any atom is -0.482 e. The summed E-state index contributed by atoms with van der Waals surface area (Å²) in [6.45, 7) is 2.74. The molecule has 1 aliphatic rings. The van der Waals surface area contributed by atoms with E-state index < -0.39 is 5.97 Å². The smallest absolute Gasteiger partial charge is 0.341 e. The number of carbonyl (C=O) groups excluding carboxylic acids is 2. The molecule has 1 unspecified atom stereocenters. The second kappa shape index (κ2) is 9.79. The lowest BCUT2D eigenvalue weighted by Crippen LogP contribution is -2.46. The second-order valence-electron chi connectivity index (χ2n) is 6.36. The summed E-state index contributed by atoms with van der Waals surface area (Å²) in [6, 6.07) is 6.76. The molecule has 7 heteroatoms. The maximum Gasteiger partial charge on any atom is 0.341 e. The molecule has 1 atom stereocenters. The predicted molar refractivity (Wildman–Crippen MR) is 95.9 cm³/mol. The van der Waals surface area contributed by atoms with Crippen molar-refractivity contribution in [2.75, 3.05) is 19.7 Å². The SMILES string of the molecule is CCCC(=O)N1CCCC1C(=O)NCCc1ccc(OCC(=O)O)cc1. The van der Waals surface area contributed by atoms with E-state index in [2.05, 4.69) is 5.32 Å². The Balaban J connectivity index is 1.77. The molecule has 0 spiro atoms. The maximum absolute atomic E-state index is 12.4. The van der Waals surface area contributed by atoms with Crippen molar-refractivity contribution in [1.29, 1.82) is 0 Å². The molecular weight excluding hydrogens is 336 g/mol. The van der Waals surface area contributed by atoms with Gasteiger partial charge in [0.25, 0.3) is 0 Å². The van der Waals surface area contributed by atoms with Gasteiger partial charge in [0, 0.05) is 19.5 Å². The van der Waals surface area contributed by atoms with Gasteiger partial charge in [0.2, 0.25) is 11.8 Å². The number of amides is 2. The molecule has 1 heterocycles. The van der Waals surface area contributed by atoms with Gasteiger partial charge in [0.15, 0.2) is 6.61 Å². The van der Waals surface area contributed by atoms with Crippen molar-refractivity contribution in [3.63, 3.8) is 0 Å². The molecule has 7 nitrogen and oxygen atoms in total. The highest BCUT2D eigenvalue weighted by atomic mass is 16.5. The molecule has 1 saturated heterocycles. The Kier molecular flexibility index (Phi) is 7.44. The molecule has 1 aromatic rings. The second-order valence-corrected chi connectivity index (χ2v) is 6.36. The largest absolute Gasteiger partial charge is 0.482 e. The number of hydrogen-bond donors (Lipinski definition) is 2. The molecule has 1 fully saturated rings. The first kappa shape index (κ1) is 19.8.